The Morgan fingerprint density at radius 3 is 2.71 bits per heavy atom. The lowest BCUT2D eigenvalue weighted by Gasteiger charge is -2.41. The molecule has 3 N–H and O–H groups in total. The molecule has 180 valence electrons. The summed E-state index contributed by atoms with van der Waals surface area (Å²) in [5, 5.41) is 7.65. The van der Waals surface area contributed by atoms with Crippen LogP contribution in [-0.4, -0.2) is 56.4 Å². The summed E-state index contributed by atoms with van der Waals surface area (Å²) in [5.74, 6) is 1.85. The van der Waals surface area contributed by atoms with Crippen molar-refractivity contribution in [3.05, 3.63) is 53.2 Å². The van der Waals surface area contributed by atoms with E-state index < -0.39 is 17.5 Å². The van der Waals surface area contributed by atoms with E-state index in [-0.39, 0.29) is 23.1 Å². The zero-order valence-corrected chi connectivity index (χ0v) is 18.9. The normalized spacial score (nSPS) is 21.7. The number of hydrogen-bond donors (Lipinski definition) is 2. The quantitative estimate of drug-likeness (QED) is 0.321. The number of nitrogens with two attached hydrogens (primary N) is 1. The molecule has 0 amide bonds. The van der Waals surface area contributed by atoms with Gasteiger partial charge < -0.3 is 15.4 Å². The number of ether oxygens (including phenoxy) is 1. The SMILES string of the molecule is C[C@@H]1OCC2(CCN(c3nc4n[nH]c(C#Cc5ccc(F)c(F)c5F)c4c4nccn34)CC2)[C@@H]1N. The molecule has 0 bridgehead atoms. The Bertz CT molecular complexity index is 1510. The molecule has 35 heavy (non-hydrogen) atoms. The van der Waals surface area contributed by atoms with Crippen LogP contribution in [0.5, 0.6) is 0 Å². The summed E-state index contributed by atoms with van der Waals surface area (Å²) in [6.45, 7) is 4.23. The predicted octanol–water partition coefficient (Wildman–Crippen LogP) is 2.76. The van der Waals surface area contributed by atoms with Gasteiger partial charge in [-0.25, -0.2) is 18.2 Å². The molecule has 2 aliphatic rings. The Hall–Kier alpha value is -3.62. The summed E-state index contributed by atoms with van der Waals surface area (Å²) in [5.41, 5.74) is 7.52. The zero-order chi connectivity index (χ0) is 24.3. The minimum atomic E-state index is -1.56. The monoisotopic (exact) mass is 481 g/mol. The largest absolute Gasteiger partial charge is 0.376 e. The second-order valence-corrected chi connectivity index (χ2v) is 9.19. The highest BCUT2D eigenvalue weighted by molar-refractivity contribution is 5.94. The maximum Gasteiger partial charge on any atom is 0.213 e. The Kier molecular flexibility index (Phi) is 4.98. The summed E-state index contributed by atoms with van der Waals surface area (Å²) in [6.07, 6.45) is 5.32. The summed E-state index contributed by atoms with van der Waals surface area (Å²) >= 11 is 0. The second-order valence-electron chi connectivity index (χ2n) is 9.19. The van der Waals surface area contributed by atoms with Gasteiger partial charge in [-0.15, -0.1) is 0 Å². The average Bonchev–Trinajstić information content (AvgIpc) is 3.57. The van der Waals surface area contributed by atoms with E-state index in [9.17, 15) is 13.2 Å². The van der Waals surface area contributed by atoms with Gasteiger partial charge in [0.05, 0.1) is 23.7 Å². The molecule has 8 nitrogen and oxygen atoms in total. The van der Waals surface area contributed by atoms with Crippen LogP contribution < -0.4 is 10.6 Å². The molecule has 1 aromatic carbocycles. The number of anilines is 1. The molecule has 0 aliphatic carbocycles. The van der Waals surface area contributed by atoms with Crippen molar-refractivity contribution in [2.75, 3.05) is 24.6 Å². The van der Waals surface area contributed by atoms with Gasteiger partial charge in [-0.05, 0) is 37.8 Å². The van der Waals surface area contributed by atoms with Crippen molar-refractivity contribution in [2.45, 2.75) is 31.9 Å². The number of hydrogen-bond acceptors (Lipinski definition) is 6. The van der Waals surface area contributed by atoms with E-state index in [0.29, 0.717) is 34.9 Å². The van der Waals surface area contributed by atoms with Crippen molar-refractivity contribution < 1.29 is 17.9 Å². The third-order valence-electron chi connectivity index (χ3n) is 7.28. The third kappa shape index (κ3) is 3.36. The first-order valence-corrected chi connectivity index (χ1v) is 11.4. The van der Waals surface area contributed by atoms with Crippen molar-refractivity contribution >= 4 is 22.6 Å². The van der Waals surface area contributed by atoms with Gasteiger partial charge in [0.25, 0.3) is 0 Å². The van der Waals surface area contributed by atoms with Crippen molar-refractivity contribution in [1.82, 2.24) is 24.6 Å². The number of aromatic amines is 1. The predicted molar refractivity (Wildman–Crippen MR) is 122 cm³/mol. The highest BCUT2D eigenvalue weighted by atomic mass is 19.2. The number of H-pyrrole nitrogens is 1. The van der Waals surface area contributed by atoms with Gasteiger partial charge in [-0.2, -0.15) is 10.1 Å². The summed E-state index contributed by atoms with van der Waals surface area (Å²) in [4.78, 5) is 11.4. The third-order valence-corrected chi connectivity index (χ3v) is 7.28. The molecule has 2 atom stereocenters. The number of aromatic nitrogens is 5. The molecule has 2 saturated heterocycles. The number of piperidine rings is 1. The molecule has 2 fully saturated rings. The van der Waals surface area contributed by atoms with E-state index in [1.54, 1.807) is 6.20 Å². The summed E-state index contributed by atoms with van der Waals surface area (Å²) in [6, 6.07) is 1.94. The molecule has 11 heteroatoms. The van der Waals surface area contributed by atoms with E-state index in [4.69, 9.17) is 15.5 Å². The number of halogens is 3. The van der Waals surface area contributed by atoms with Gasteiger partial charge in [0, 0.05) is 36.9 Å². The number of fused-ring (bicyclic) bond motifs is 3. The highest BCUT2D eigenvalue weighted by Gasteiger charge is 2.47. The molecule has 1 spiro atoms. The highest BCUT2D eigenvalue weighted by Crippen LogP contribution is 2.42. The van der Waals surface area contributed by atoms with Crippen molar-refractivity contribution in [3.8, 4) is 11.8 Å². The fourth-order valence-electron chi connectivity index (χ4n) is 5.11. The lowest BCUT2D eigenvalue weighted by Crippen LogP contribution is -2.51. The Labute approximate surface area is 198 Å². The maximum absolute atomic E-state index is 14.0. The Morgan fingerprint density at radius 2 is 1.97 bits per heavy atom. The molecule has 0 radical (unpaired) electrons. The van der Waals surface area contributed by atoms with Crippen LogP contribution in [-0.2, 0) is 4.74 Å². The van der Waals surface area contributed by atoms with Crippen molar-refractivity contribution in [2.24, 2.45) is 11.1 Å². The standard InChI is InChI=1S/C24H22F3N7O/c1-13-20(28)24(12-35-13)6-9-33(10-7-24)23-30-21-17(22-29-8-11-34(22)23)16(31-32-21)5-3-14-2-4-15(25)19(27)18(14)26/h2,4,8,11,13,20H,6-7,9-10,12,28H2,1H3,(H,31,32)/t13-,20+/m0/s1. The minimum Gasteiger partial charge on any atom is -0.376 e. The molecule has 0 unspecified atom stereocenters. The molecular formula is C24H22F3N7O. The number of benzene rings is 1. The van der Waals surface area contributed by atoms with Crippen molar-refractivity contribution in [3.63, 3.8) is 0 Å². The fourth-order valence-corrected chi connectivity index (χ4v) is 5.11. The van der Waals surface area contributed by atoms with Gasteiger partial charge in [-0.1, -0.05) is 5.92 Å². The molecule has 0 saturated carbocycles. The molecule has 2 aliphatic heterocycles. The molecule has 4 aromatic rings. The first-order chi connectivity index (χ1) is 16.9. The summed E-state index contributed by atoms with van der Waals surface area (Å²) < 4.78 is 48.5. The van der Waals surface area contributed by atoms with E-state index in [0.717, 1.165) is 38.1 Å². The fraction of sp³-hybridized carbons (Fsp3) is 0.375. The second kappa shape index (κ2) is 7.96. The first-order valence-electron chi connectivity index (χ1n) is 11.4. The zero-order valence-electron chi connectivity index (χ0n) is 18.9. The van der Waals surface area contributed by atoms with E-state index >= 15 is 0 Å². The van der Waals surface area contributed by atoms with Crippen LogP contribution in [0.25, 0.3) is 16.7 Å². The van der Waals surface area contributed by atoms with E-state index in [2.05, 4.69) is 31.9 Å². The average molecular weight is 481 g/mol. The van der Waals surface area contributed by atoms with Crippen LogP contribution in [0.4, 0.5) is 19.1 Å². The van der Waals surface area contributed by atoms with Gasteiger partial charge in [0.15, 0.2) is 28.7 Å². The number of nitrogens with one attached hydrogen (secondary N) is 1. The molecular weight excluding hydrogens is 459 g/mol. The maximum atomic E-state index is 14.0. The van der Waals surface area contributed by atoms with Gasteiger partial charge >= 0.3 is 0 Å². The number of rotatable bonds is 1. The molecule has 3 aromatic heterocycles. The van der Waals surface area contributed by atoms with Crippen LogP contribution in [0, 0.1) is 34.7 Å². The van der Waals surface area contributed by atoms with E-state index in [1.165, 1.54) is 0 Å². The molecule has 5 heterocycles. The number of imidazole rings is 1. The Balaban J connectivity index is 1.35. The topological polar surface area (TPSA) is 97.4 Å². The van der Waals surface area contributed by atoms with Crippen molar-refractivity contribution in [1.29, 1.82) is 0 Å². The van der Waals surface area contributed by atoms with Crippen LogP contribution in [0.1, 0.15) is 31.0 Å². The lowest BCUT2D eigenvalue weighted by atomic mass is 9.73. The first kappa shape index (κ1) is 21.9. The minimum absolute atomic E-state index is 0.0141. The lowest BCUT2D eigenvalue weighted by molar-refractivity contribution is 0.0973. The van der Waals surface area contributed by atoms with Crippen LogP contribution in [0.2, 0.25) is 0 Å². The smallest absolute Gasteiger partial charge is 0.213 e. The van der Waals surface area contributed by atoms with Crippen LogP contribution in [0.3, 0.4) is 0 Å². The Morgan fingerprint density at radius 1 is 1.17 bits per heavy atom. The molecule has 6 rings (SSSR count). The number of nitrogens with zero attached hydrogens (tertiary/aromatic N) is 5. The van der Waals surface area contributed by atoms with Gasteiger partial charge in [0.1, 0.15) is 5.69 Å². The van der Waals surface area contributed by atoms with Crippen LogP contribution in [0.15, 0.2) is 24.5 Å². The van der Waals surface area contributed by atoms with E-state index in [1.807, 2.05) is 17.5 Å². The van der Waals surface area contributed by atoms with Gasteiger partial charge in [0.2, 0.25) is 5.95 Å². The summed E-state index contributed by atoms with van der Waals surface area (Å²) in [7, 11) is 0. The van der Waals surface area contributed by atoms with Gasteiger partial charge in [-0.3, -0.25) is 9.50 Å². The van der Waals surface area contributed by atoms with Crippen LogP contribution >= 0.6 is 0 Å².